The number of nitrogens with zero attached hydrogens (tertiary/aromatic N) is 1. The van der Waals surface area contributed by atoms with Crippen LogP contribution in [0.15, 0.2) is 16.6 Å². The lowest BCUT2D eigenvalue weighted by Crippen LogP contribution is -2.35. The molecule has 1 heterocycles. The minimum absolute atomic E-state index is 0.728. The molecule has 15 heavy (non-hydrogen) atoms. The molecule has 0 aromatic carbocycles. The van der Waals surface area contributed by atoms with Crippen molar-refractivity contribution in [3.8, 4) is 0 Å². The molecule has 1 aromatic rings. The van der Waals surface area contributed by atoms with Gasteiger partial charge < -0.3 is 9.94 Å². The smallest absolute Gasteiger partial charge is 0.194 e. The van der Waals surface area contributed by atoms with Crippen molar-refractivity contribution in [3.05, 3.63) is 33.2 Å². The number of halogens is 1. The SMILES string of the molecule is COCCCCc1cc(Br)cc(C)[n+]1[O-]. The van der Waals surface area contributed by atoms with E-state index in [4.69, 9.17) is 4.74 Å². The van der Waals surface area contributed by atoms with Crippen LogP contribution in [-0.4, -0.2) is 13.7 Å². The van der Waals surface area contributed by atoms with Crippen molar-refractivity contribution in [1.82, 2.24) is 0 Å². The molecule has 0 unspecified atom stereocenters. The van der Waals surface area contributed by atoms with Crippen molar-refractivity contribution >= 4 is 15.9 Å². The number of unbranched alkanes of at least 4 members (excludes halogenated alkanes) is 1. The molecule has 0 aliphatic carbocycles. The van der Waals surface area contributed by atoms with E-state index < -0.39 is 0 Å². The Kier molecular flexibility index (Phi) is 5.05. The average Bonchev–Trinajstić information content (AvgIpc) is 2.19. The van der Waals surface area contributed by atoms with Gasteiger partial charge in [0.1, 0.15) is 0 Å². The highest BCUT2D eigenvalue weighted by Gasteiger charge is 2.09. The second kappa shape index (κ2) is 6.08. The van der Waals surface area contributed by atoms with Gasteiger partial charge in [-0.2, -0.15) is 4.73 Å². The Labute approximate surface area is 98.8 Å². The number of ether oxygens (including phenoxy) is 1. The number of aromatic nitrogens is 1. The second-order valence-electron chi connectivity index (χ2n) is 3.55. The lowest BCUT2D eigenvalue weighted by molar-refractivity contribution is -0.620. The van der Waals surface area contributed by atoms with E-state index in [1.807, 2.05) is 19.1 Å². The molecule has 0 bridgehead atoms. The highest BCUT2D eigenvalue weighted by molar-refractivity contribution is 9.10. The molecule has 1 rings (SSSR count). The van der Waals surface area contributed by atoms with Gasteiger partial charge in [0.25, 0.3) is 0 Å². The van der Waals surface area contributed by atoms with Crippen LogP contribution in [0.25, 0.3) is 0 Å². The van der Waals surface area contributed by atoms with Gasteiger partial charge in [0.2, 0.25) is 0 Å². The molecule has 0 atom stereocenters. The van der Waals surface area contributed by atoms with Crippen LogP contribution in [0.5, 0.6) is 0 Å². The third-order valence-electron chi connectivity index (χ3n) is 2.26. The second-order valence-corrected chi connectivity index (χ2v) is 4.47. The minimum Gasteiger partial charge on any atom is -0.618 e. The van der Waals surface area contributed by atoms with Crippen LogP contribution in [-0.2, 0) is 11.2 Å². The van der Waals surface area contributed by atoms with E-state index in [2.05, 4.69) is 15.9 Å². The van der Waals surface area contributed by atoms with E-state index in [0.29, 0.717) is 0 Å². The third kappa shape index (κ3) is 3.80. The first-order valence-corrected chi connectivity index (χ1v) is 5.82. The Balaban J connectivity index is 2.60. The predicted octanol–water partition coefficient (Wildman–Crippen LogP) is 2.36. The predicted molar refractivity (Wildman–Crippen MR) is 62.7 cm³/mol. The molecule has 0 amide bonds. The van der Waals surface area contributed by atoms with Crippen LogP contribution in [0.4, 0.5) is 0 Å². The summed E-state index contributed by atoms with van der Waals surface area (Å²) in [5.41, 5.74) is 1.55. The van der Waals surface area contributed by atoms with Gasteiger partial charge in [-0.15, -0.1) is 0 Å². The Morgan fingerprint density at radius 2 is 2.13 bits per heavy atom. The van der Waals surface area contributed by atoms with Crippen LogP contribution in [0.2, 0.25) is 0 Å². The van der Waals surface area contributed by atoms with E-state index in [1.54, 1.807) is 7.11 Å². The number of hydrogen-bond acceptors (Lipinski definition) is 2. The molecule has 0 aliphatic rings. The zero-order valence-electron chi connectivity index (χ0n) is 9.12. The van der Waals surface area contributed by atoms with Gasteiger partial charge in [-0.05, 0) is 12.8 Å². The minimum atomic E-state index is 0.728. The van der Waals surface area contributed by atoms with Gasteiger partial charge in [-0.3, -0.25) is 0 Å². The number of hydrogen-bond donors (Lipinski definition) is 0. The maximum Gasteiger partial charge on any atom is 0.194 e. The van der Waals surface area contributed by atoms with Gasteiger partial charge in [0, 0.05) is 43.7 Å². The topological polar surface area (TPSA) is 36.2 Å². The summed E-state index contributed by atoms with van der Waals surface area (Å²) >= 11 is 3.39. The largest absolute Gasteiger partial charge is 0.618 e. The van der Waals surface area contributed by atoms with Gasteiger partial charge in [0.15, 0.2) is 11.4 Å². The maximum atomic E-state index is 11.6. The summed E-state index contributed by atoms with van der Waals surface area (Å²) in [6.07, 6.45) is 2.77. The van der Waals surface area contributed by atoms with Crippen molar-refractivity contribution in [2.75, 3.05) is 13.7 Å². The summed E-state index contributed by atoms with van der Waals surface area (Å²) in [4.78, 5) is 0. The van der Waals surface area contributed by atoms with Gasteiger partial charge in [-0.1, -0.05) is 15.9 Å². The highest BCUT2D eigenvalue weighted by atomic mass is 79.9. The van der Waals surface area contributed by atoms with Crippen LogP contribution < -0.4 is 4.73 Å². The zero-order valence-corrected chi connectivity index (χ0v) is 10.7. The first-order valence-electron chi connectivity index (χ1n) is 5.02. The molecule has 0 aliphatic heterocycles. The van der Waals surface area contributed by atoms with Crippen LogP contribution in [0.3, 0.4) is 0 Å². The molecule has 0 radical (unpaired) electrons. The summed E-state index contributed by atoms with van der Waals surface area (Å²) < 4.78 is 6.93. The maximum absolute atomic E-state index is 11.6. The average molecular weight is 274 g/mol. The Morgan fingerprint density at radius 1 is 1.40 bits per heavy atom. The quantitative estimate of drug-likeness (QED) is 0.469. The fraction of sp³-hybridized carbons (Fsp3) is 0.545. The molecular weight excluding hydrogens is 258 g/mol. The molecule has 0 saturated carbocycles. The van der Waals surface area contributed by atoms with Crippen molar-refractivity contribution in [2.45, 2.75) is 26.2 Å². The van der Waals surface area contributed by atoms with E-state index in [9.17, 15) is 5.21 Å². The Hall–Kier alpha value is -0.610. The lowest BCUT2D eigenvalue weighted by atomic mass is 10.2. The molecular formula is C11H16BrNO2. The normalized spacial score (nSPS) is 10.6. The molecule has 0 spiro atoms. The summed E-state index contributed by atoms with van der Waals surface area (Å²) in [5, 5.41) is 11.6. The molecule has 84 valence electrons. The van der Waals surface area contributed by atoms with Gasteiger partial charge >= 0.3 is 0 Å². The van der Waals surface area contributed by atoms with E-state index in [1.165, 1.54) is 0 Å². The number of pyridine rings is 1. The fourth-order valence-electron chi connectivity index (χ4n) is 1.47. The van der Waals surface area contributed by atoms with Crippen LogP contribution in [0, 0.1) is 12.1 Å². The van der Waals surface area contributed by atoms with E-state index in [-0.39, 0.29) is 0 Å². The fourth-order valence-corrected chi connectivity index (χ4v) is 2.07. The van der Waals surface area contributed by atoms with Crippen LogP contribution >= 0.6 is 15.9 Å². The number of methoxy groups -OCH3 is 1. The summed E-state index contributed by atoms with van der Waals surface area (Å²) in [6.45, 7) is 2.57. The standard InChI is InChI=1S/C11H16BrNO2/c1-9-7-10(12)8-11(13(9)14)5-3-4-6-15-2/h7-8H,3-6H2,1-2H3. The van der Waals surface area contributed by atoms with Crippen molar-refractivity contribution in [2.24, 2.45) is 0 Å². The molecule has 0 N–H and O–H groups in total. The third-order valence-corrected chi connectivity index (χ3v) is 2.72. The highest BCUT2D eigenvalue weighted by Crippen LogP contribution is 2.12. The first-order chi connectivity index (χ1) is 7.15. The van der Waals surface area contributed by atoms with Crippen LogP contribution in [0.1, 0.15) is 24.2 Å². The first kappa shape index (κ1) is 12.5. The molecule has 1 aromatic heterocycles. The molecule has 3 nitrogen and oxygen atoms in total. The number of aryl methyl sites for hydroxylation is 2. The van der Waals surface area contributed by atoms with Crippen molar-refractivity contribution in [3.63, 3.8) is 0 Å². The summed E-state index contributed by atoms with van der Waals surface area (Å²) in [5.74, 6) is 0. The Bertz CT molecular complexity index is 329. The van der Waals surface area contributed by atoms with E-state index >= 15 is 0 Å². The van der Waals surface area contributed by atoms with Gasteiger partial charge in [0.05, 0.1) is 0 Å². The molecule has 0 fully saturated rings. The molecule has 4 heteroatoms. The Morgan fingerprint density at radius 3 is 2.80 bits per heavy atom. The van der Waals surface area contributed by atoms with Gasteiger partial charge in [-0.25, -0.2) is 0 Å². The number of rotatable bonds is 5. The lowest BCUT2D eigenvalue weighted by Gasteiger charge is -2.07. The molecule has 0 saturated heterocycles. The zero-order chi connectivity index (χ0) is 11.3. The van der Waals surface area contributed by atoms with E-state index in [0.717, 1.165) is 46.5 Å². The monoisotopic (exact) mass is 273 g/mol. The summed E-state index contributed by atoms with van der Waals surface area (Å²) in [7, 11) is 1.69. The van der Waals surface area contributed by atoms with Crippen molar-refractivity contribution in [1.29, 1.82) is 0 Å². The summed E-state index contributed by atoms with van der Waals surface area (Å²) in [6, 6.07) is 3.71. The van der Waals surface area contributed by atoms with Crippen molar-refractivity contribution < 1.29 is 9.47 Å².